The average Bonchev–Trinajstić information content (AvgIpc) is 3.63. The van der Waals surface area contributed by atoms with Crippen molar-refractivity contribution < 1.29 is 24.3 Å². The summed E-state index contributed by atoms with van der Waals surface area (Å²) >= 11 is 1.26. The van der Waals surface area contributed by atoms with Crippen LogP contribution in [0.1, 0.15) is 58.9 Å². The number of carbonyl (C=O) groups excluding carboxylic acids is 1. The normalized spacial score (nSPS) is 13.9. The number of carboxylic acids is 1. The van der Waals surface area contributed by atoms with Crippen molar-refractivity contribution in [2.45, 2.75) is 36.5 Å². The maximum atomic E-state index is 13.8. The molecule has 1 saturated carbocycles. The topological polar surface area (TPSA) is 110 Å². The van der Waals surface area contributed by atoms with Crippen LogP contribution in [0.5, 0.6) is 0 Å². The number of hydrogen-bond acceptors (Lipinski definition) is 8. The lowest BCUT2D eigenvalue weighted by atomic mass is 9.77. The van der Waals surface area contributed by atoms with Crippen LogP contribution >= 0.6 is 11.3 Å². The molecule has 1 aromatic heterocycles. The van der Waals surface area contributed by atoms with Crippen molar-refractivity contribution in [1.29, 1.82) is 0 Å². The standard InChI is InChI=1S/C42H35N3O5S/c46-38(47)36(45-50-41(27-16-28-41)39(48)49-37(30-17-6-1-7-18-30)31-19-8-2-9-20-31)35-29-51-40(43-35)44-42(32-21-10-3-11-22-32,33-23-12-4-13-24-33)34-25-14-5-15-26-34/h1-15,17-26,29,37H,16,27-28H2,(H,43,44)(H,46,47). The van der Waals surface area contributed by atoms with Gasteiger partial charge in [0.25, 0.3) is 0 Å². The monoisotopic (exact) mass is 693 g/mol. The van der Waals surface area contributed by atoms with Gasteiger partial charge < -0.3 is 20.0 Å². The van der Waals surface area contributed by atoms with Gasteiger partial charge in [-0.3, -0.25) is 0 Å². The van der Waals surface area contributed by atoms with Gasteiger partial charge in [-0.05, 0) is 34.2 Å². The second kappa shape index (κ2) is 14.8. The molecule has 0 unspecified atom stereocenters. The highest BCUT2D eigenvalue weighted by atomic mass is 32.1. The molecule has 0 radical (unpaired) electrons. The number of oxime groups is 1. The average molecular weight is 694 g/mol. The largest absolute Gasteiger partial charge is 0.476 e. The molecule has 1 fully saturated rings. The molecule has 1 heterocycles. The molecule has 0 amide bonds. The van der Waals surface area contributed by atoms with Gasteiger partial charge in [-0.2, -0.15) is 0 Å². The van der Waals surface area contributed by atoms with Crippen LogP contribution in [-0.2, 0) is 24.7 Å². The number of carboxylic acid groups (broad SMARTS) is 1. The predicted octanol–water partition coefficient (Wildman–Crippen LogP) is 8.61. The molecule has 7 rings (SSSR count). The zero-order valence-corrected chi connectivity index (χ0v) is 28.4. The SMILES string of the molecule is O=C(O)C(=NOC1(C(=O)OC(c2ccccc2)c2ccccc2)CCC1)c1csc(NC(c2ccccc2)(c2ccccc2)c2ccccc2)n1. The third-order valence-corrected chi connectivity index (χ3v) is 9.90. The van der Waals surface area contributed by atoms with E-state index in [0.29, 0.717) is 24.4 Å². The number of aliphatic carboxylic acids is 1. The molecule has 9 heteroatoms. The number of rotatable bonds is 13. The Bertz CT molecular complexity index is 1970. The van der Waals surface area contributed by atoms with Gasteiger partial charge in [0, 0.05) is 18.2 Å². The van der Waals surface area contributed by atoms with Crippen molar-refractivity contribution in [3.05, 3.63) is 191 Å². The zero-order valence-electron chi connectivity index (χ0n) is 27.6. The molecular weight excluding hydrogens is 659 g/mol. The minimum atomic E-state index is -1.41. The molecule has 0 spiro atoms. The molecule has 0 bridgehead atoms. The summed E-state index contributed by atoms with van der Waals surface area (Å²) in [5.41, 5.74) is 1.96. The van der Waals surface area contributed by atoms with Crippen molar-refractivity contribution in [3.8, 4) is 0 Å². The number of esters is 1. The van der Waals surface area contributed by atoms with E-state index in [-0.39, 0.29) is 5.69 Å². The number of hydrogen-bond donors (Lipinski definition) is 2. The Morgan fingerprint density at radius 3 is 1.59 bits per heavy atom. The van der Waals surface area contributed by atoms with E-state index in [1.807, 2.05) is 115 Å². The maximum absolute atomic E-state index is 13.8. The molecule has 254 valence electrons. The minimum absolute atomic E-state index is 0.104. The third kappa shape index (κ3) is 6.89. The second-order valence-electron chi connectivity index (χ2n) is 12.3. The van der Waals surface area contributed by atoms with Crippen LogP contribution < -0.4 is 5.32 Å². The number of benzene rings is 5. The first-order valence-corrected chi connectivity index (χ1v) is 17.6. The van der Waals surface area contributed by atoms with Gasteiger partial charge in [0.2, 0.25) is 11.3 Å². The Hall–Kier alpha value is -6.06. The van der Waals surface area contributed by atoms with E-state index in [4.69, 9.17) is 14.6 Å². The number of nitrogens with one attached hydrogen (secondary N) is 1. The van der Waals surface area contributed by atoms with Crippen molar-refractivity contribution in [2.24, 2.45) is 5.16 Å². The Labute approximate surface area is 300 Å². The van der Waals surface area contributed by atoms with Gasteiger partial charge in [0.05, 0.1) is 0 Å². The van der Waals surface area contributed by atoms with Crippen molar-refractivity contribution in [1.82, 2.24) is 4.98 Å². The molecule has 0 saturated heterocycles. The van der Waals surface area contributed by atoms with Gasteiger partial charge in [0.15, 0.2) is 11.2 Å². The van der Waals surface area contributed by atoms with Crippen LogP contribution in [0.15, 0.2) is 162 Å². The molecule has 0 atom stereocenters. The van der Waals surface area contributed by atoms with Gasteiger partial charge in [-0.25, -0.2) is 14.6 Å². The van der Waals surface area contributed by atoms with Crippen molar-refractivity contribution >= 4 is 34.1 Å². The van der Waals surface area contributed by atoms with Crippen LogP contribution in [0.3, 0.4) is 0 Å². The van der Waals surface area contributed by atoms with Crippen LogP contribution in [0.4, 0.5) is 5.13 Å². The lowest BCUT2D eigenvalue weighted by Crippen LogP contribution is -2.48. The fourth-order valence-electron chi connectivity index (χ4n) is 6.34. The molecule has 2 N–H and O–H groups in total. The smallest absolute Gasteiger partial charge is 0.360 e. The maximum Gasteiger partial charge on any atom is 0.360 e. The molecule has 6 aromatic rings. The van der Waals surface area contributed by atoms with Gasteiger partial charge in [-0.15, -0.1) is 11.3 Å². The zero-order chi connectivity index (χ0) is 35.1. The predicted molar refractivity (Wildman–Crippen MR) is 198 cm³/mol. The van der Waals surface area contributed by atoms with Gasteiger partial charge in [-0.1, -0.05) is 157 Å². The molecular formula is C42H35N3O5S. The first kappa shape index (κ1) is 33.4. The van der Waals surface area contributed by atoms with E-state index >= 15 is 0 Å². The van der Waals surface area contributed by atoms with E-state index in [2.05, 4.69) is 46.9 Å². The summed E-state index contributed by atoms with van der Waals surface area (Å²) in [5, 5.41) is 20.1. The van der Waals surface area contributed by atoms with Gasteiger partial charge >= 0.3 is 11.9 Å². The van der Waals surface area contributed by atoms with Crippen molar-refractivity contribution in [2.75, 3.05) is 5.32 Å². The van der Waals surface area contributed by atoms with Crippen LogP contribution in [-0.4, -0.2) is 33.3 Å². The number of nitrogens with zero attached hydrogens (tertiary/aromatic N) is 2. The Balaban J connectivity index is 1.19. The molecule has 0 aliphatic heterocycles. The first-order chi connectivity index (χ1) is 25.0. The number of carbonyl (C=O) groups is 2. The molecule has 1 aliphatic rings. The summed E-state index contributed by atoms with van der Waals surface area (Å²) in [4.78, 5) is 37.0. The summed E-state index contributed by atoms with van der Waals surface area (Å²) in [6, 6.07) is 49.1. The summed E-state index contributed by atoms with van der Waals surface area (Å²) < 4.78 is 6.11. The van der Waals surface area contributed by atoms with Crippen LogP contribution in [0, 0.1) is 0 Å². The van der Waals surface area contributed by atoms with E-state index in [1.54, 1.807) is 5.38 Å². The summed E-state index contributed by atoms with van der Waals surface area (Å²) in [6.45, 7) is 0. The molecule has 8 nitrogen and oxygen atoms in total. The van der Waals surface area contributed by atoms with Gasteiger partial charge in [0.1, 0.15) is 11.2 Å². The highest BCUT2D eigenvalue weighted by molar-refractivity contribution is 7.14. The van der Waals surface area contributed by atoms with E-state index < -0.39 is 34.9 Å². The number of anilines is 1. The van der Waals surface area contributed by atoms with E-state index in [0.717, 1.165) is 27.8 Å². The summed E-state index contributed by atoms with van der Waals surface area (Å²) in [5.74, 6) is -1.93. The summed E-state index contributed by atoms with van der Waals surface area (Å²) in [6.07, 6.45) is 0.724. The van der Waals surface area contributed by atoms with E-state index in [9.17, 15) is 14.7 Å². The Kier molecular flexibility index (Phi) is 9.72. The minimum Gasteiger partial charge on any atom is -0.476 e. The third-order valence-electron chi connectivity index (χ3n) is 9.14. The lowest BCUT2D eigenvalue weighted by molar-refractivity contribution is -0.189. The quantitative estimate of drug-likeness (QED) is 0.0540. The fraction of sp³-hybridized carbons (Fsp3) is 0.143. The molecule has 5 aromatic carbocycles. The second-order valence-corrected chi connectivity index (χ2v) is 13.2. The summed E-state index contributed by atoms with van der Waals surface area (Å²) in [7, 11) is 0. The van der Waals surface area contributed by atoms with Crippen LogP contribution in [0.25, 0.3) is 0 Å². The van der Waals surface area contributed by atoms with E-state index in [1.165, 1.54) is 11.3 Å². The number of ether oxygens (including phenoxy) is 1. The van der Waals surface area contributed by atoms with Crippen molar-refractivity contribution in [3.63, 3.8) is 0 Å². The molecule has 51 heavy (non-hydrogen) atoms. The fourth-order valence-corrected chi connectivity index (χ4v) is 7.09. The highest BCUT2D eigenvalue weighted by Gasteiger charge is 2.50. The van der Waals surface area contributed by atoms with Crippen LogP contribution in [0.2, 0.25) is 0 Å². The molecule has 1 aliphatic carbocycles. The Morgan fingerprint density at radius 2 is 1.18 bits per heavy atom. The highest BCUT2D eigenvalue weighted by Crippen LogP contribution is 2.42. The number of thiazole rings is 1. The lowest BCUT2D eigenvalue weighted by Gasteiger charge is -2.37. The Morgan fingerprint density at radius 1 is 0.725 bits per heavy atom. The number of aromatic nitrogens is 1. The first-order valence-electron chi connectivity index (χ1n) is 16.7.